The Bertz CT molecular complexity index is 1050. The van der Waals surface area contributed by atoms with E-state index in [9.17, 15) is 9.59 Å². The summed E-state index contributed by atoms with van der Waals surface area (Å²) in [4.78, 5) is 24.0. The summed E-state index contributed by atoms with van der Waals surface area (Å²) in [5, 5.41) is 4.47. The van der Waals surface area contributed by atoms with Crippen molar-refractivity contribution in [2.45, 2.75) is 0 Å². The molecule has 1 N–H and O–H groups in total. The van der Waals surface area contributed by atoms with E-state index in [0.717, 1.165) is 5.56 Å². The molecule has 0 unspecified atom stereocenters. The molecule has 3 aromatic rings. The second-order valence-electron chi connectivity index (χ2n) is 5.97. The van der Waals surface area contributed by atoms with Crippen molar-refractivity contribution in [1.82, 2.24) is 5.43 Å². The number of amides is 1. The first-order valence-electron chi connectivity index (χ1n) is 8.78. The van der Waals surface area contributed by atoms with Crippen molar-refractivity contribution >= 4 is 45.6 Å². The van der Waals surface area contributed by atoms with Gasteiger partial charge in [0.1, 0.15) is 11.5 Å². The average molecular weight is 488 g/mol. The van der Waals surface area contributed by atoms with Crippen LogP contribution in [0.3, 0.4) is 0 Å². The van der Waals surface area contributed by atoms with Crippen LogP contribution in [0.1, 0.15) is 15.9 Å². The van der Waals surface area contributed by atoms with Crippen LogP contribution < -0.4 is 14.9 Å². The average Bonchev–Trinajstić information content (AvgIpc) is 2.75. The van der Waals surface area contributed by atoms with Crippen LogP contribution in [-0.2, 0) is 4.79 Å². The Balaban J connectivity index is 1.47. The molecule has 0 aromatic heterocycles. The van der Waals surface area contributed by atoms with E-state index in [4.69, 9.17) is 21.1 Å². The van der Waals surface area contributed by atoms with E-state index >= 15 is 0 Å². The lowest BCUT2D eigenvalue weighted by Crippen LogP contribution is -2.24. The third-order valence-corrected chi connectivity index (χ3v) is 4.71. The Morgan fingerprint density at radius 2 is 1.63 bits per heavy atom. The summed E-state index contributed by atoms with van der Waals surface area (Å²) in [7, 11) is 0. The van der Waals surface area contributed by atoms with Crippen LogP contribution in [0.2, 0.25) is 5.02 Å². The minimum atomic E-state index is -0.461. The van der Waals surface area contributed by atoms with E-state index in [-0.39, 0.29) is 6.61 Å². The molecular weight excluding hydrogens is 472 g/mol. The summed E-state index contributed by atoms with van der Waals surface area (Å²) in [6.07, 6.45) is 1.47. The normalized spacial score (nSPS) is 10.6. The first-order chi connectivity index (χ1) is 14.5. The number of esters is 1. The van der Waals surface area contributed by atoms with Crippen LogP contribution in [0.15, 0.2) is 82.4 Å². The van der Waals surface area contributed by atoms with Crippen molar-refractivity contribution < 1.29 is 19.1 Å². The molecule has 3 rings (SSSR count). The SMILES string of the molecule is O=C(COc1ccc(Cl)cc1)N/N=C\c1ccc(OC(=O)c2ccccc2Br)cc1. The molecule has 0 saturated heterocycles. The number of hydrogen-bond donors (Lipinski definition) is 1. The Hall–Kier alpha value is -3.16. The van der Waals surface area contributed by atoms with Gasteiger partial charge in [-0.2, -0.15) is 5.10 Å². The van der Waals surface area contributed by atoms with Crippen molar-refractivity contribution in [3.05, 3.63) is 93.4 Å². The van der Waals surface area contributed by atoms with Gasteiger partial charge in [0.2, 0.25) is 0 Å². The molecule has 0 aliphatic rings. The standard InChI is InChI=1S/C22H16BrClN2O4/c23-20-4-2-1-3-19(20)22(28)30-18-9-5-15(6-10-18)13-25-26-21(27)14-29-17-11-7-16(24)8-12-17/h1-13H,14H2,(H,26,27)/b25-13-. The number of hydrogen-bond acceptors (Lipinski definition) is 5. The molecule has 0 heterocycles. The first kappa shape index (κ1) is 21.5. The van der Waals surface area contributed by atoms with E-state index in [0.29, 0.717) is 26.6 Å². The third-order valence-electron chi connectivity index (χ3n) is 3.77. The van der Waals surface area contributed by atoms with Gasteiger partial charge in [-0.05, 0) is 82.2 Å². The molecule has 1 amide bonds. The highest BCUT2D eigenvalue weighted by atomic mass is 79.9. The molecule has 0 aliphatic carbocycles. The van der Waals surface area contributed by atoms with Crippen molar-refractivity contribution in [3.63, 3.8) is 0 Å². The molecule has 30 heavy (non-hydrogen) atoms. The molecule has 6 nitrogen and oxygen atoms in total. The van der Waals surface area contributed by atoms with Crippen LogP contribution in [-0.4, -0.2) is 24.7 Å². The molecule has 0 bridgehead atoms. The fraction of sp³-hybridized carbons (Fsp3) is 0.0455. The van der Waals surface area contributed by atoms with Crippen molar-refractivity contribution in [1.29, 1.82) is 0 Å². The molecule has 8 heteroatoms. The predicted octanol–water partition coefficient (Wildman–Crippen LogP) is 4.85. The lowest BCUT2D eigenvalue weighted by Gasteiger charge is -2.06. The number of benzene rings is 3. The maximum atomic E-state index is 12.2. The van der Waals surface area contributed by atoms with Gasteiger partial charge in [-0.25, -0.2) is 10.2 Å². The number of rotatable bonds is 7. The number of ether oxygens (including phenoxy) is 2. The van der Waals surface area contributed by atoms with Crippen LogP contribution in [0, 0.1) is 0 Å². The molecule has 0 radical (unpaired) electrons. The Labute approximate surface area is 186 Å². The van der Waals surface area contributed by atoms with Crippen LogP contribution in [0.5, 0.6) is 11.5 Å². The van der Waals surface area contributed by atoms with Gasteiger partial charge in [0.25, 0.3) is 5.91 Å². The fourth-order valence-corrected chi connectivity index (χ4v) is 2.87. The number of halogens is 2. The largest absolute Gasteiger partial charge is 0.484 e. The van der Waals surface area contributed by atoms with Gasteiger partial charge in [-0.3, -0.25) is 4.79 Å². The zero-order valence-electron chi connectivity index (χ0n) is 15.5. The summed E-state index contributed by atoms with van der Waals surface area (Å²) in [6.45, 7) is -0.178. The monoisotopic (exact) mass is 486 g/mol. The van der Waals surface area contributed by atoms with Gasteiger partial charge in [0.05, 0.1) is 11.8 Å². The minimum Gasteiger partial charge on any atom is -0.484 e. The summed E-state index contributed by atoms with van der Waals surface area (Å²) in [5.41, 5.74) is 3.53. The van der Waals surface area contributed by atoms with Gasteiger partial charge in [-0.1, -0.05) is 23.7 Å². The van der Waals surface area contributed by atoms with Crippen molar-refractivity contribution in [2.75, 3.05) is 6.61 Å². The smallest absolute Gasteiger partial charge is 0.344 e. The second-order valence-corrected chi connectivity index (χ2v) is 7.26. The van der Waals surface area contributed by atoms with Gasteiger partial charge >= 0.3 is 5.97 Å². The molecule has 0 spiro atoms. The van der Waals surface area contributed by atoms with Gasteiger partial charge in [-0.15, -0.1) is 0 Å². The number of hydrazone groups is 1. The minimum absolute atomic E-state index is 0.178. The highest BCUT2D eigenvalue weighted by Crippen LogP contribution is 2.19. The molecule has 3 aromatic carbocycles. The Morgan fingerprint density at radius 1 is 0.967 bits per heavy atom. The Morgan fingerprint density at radius 3 is 2.33 bits per heavy atom. The lowest BCUT2D eigenvalue weighted by molar-refractivity contribution is -0.123. The quantitative estimate of drug-likeness (QED) is 0.224. The van der Waals surface area contributed by atoms with Crippen LogP contribution >= 0.6 is 27.5 Å². The van der Waals surface area contributed by atoms with E-state index in [1.54, 1.807) is 66.7 Å². The van der Waals surface area contributed by atoms with E-state index in [1.807, 2.05) is 6.07 Å². The maximum absolute atomic E-state index is 12.2. The third kappa shape index (κ3) is 6.43. The van der Waals surface area contributed by atoms with Crippen molar-refractivity contribution in [2.24, 2.45) is 5.10 Å². The predicted molar refractivity (Wildman–Crippen MR) is 118 cm³/mol. The lowest BCUT2D eigenvalue weighted by atomic mass is 10.2. The molecule has 152 valence electrons. The number of carbonyl (C=O) groups is 2. The maximum Gasteiger partial charge on any atom is 0.344 e. The van der Waals surface area contributed by atoms with Crippen LogP contribution in [0.4, 0.5) is 0 Å². The van der Waals surface area contributed by atoms with Crippen LogP contribution in [0.25, 0.3) is 0 Å². The molecular formula is C22H16BrClN2O4. The van der Waals surface area contributed by atoms with E-state index in [1.165, 1.54) is 6.21 Å². The van der Waals surface area contributed by atoms with E-state index in [2.05, 4.69) is 26.5 Å². The number of carbonyl (C=O) groups excluding carboxylic acids is 2. The zero-order chi connectivity index (χ0) is 21.3. The van der Waals surface area contributed by atoms with Crippen molar-refractivity contribution in [3.8, 4) is 11.5 Å². The molecule has 0 fully saturated rings. The second kappa shape index (κ2) is 10.6. The summed E-state index contributed by atoms with van der Waals surface area (Å²) in [5.74, 6) is 0.0662. The number of nitrogens with one attached hydrogen (secondary N) is 1. The van der Waals surface area contributed by atoms with Gasteiger partial charge < -0.3 is 9.47 Å². The highest BCUT2D eigenvalue weighted by molar-refractivity contribution is 9.10. The Kier molecular flexibility index (Phi) is 7.59. The first-order valence-corrected chi connectivity index (χ1v) is 9.95. The summed E-state index contributed by atoms with van der Waals surface area (Å²) >= 11 is 9.11. The molecule has 0 saturated carbocycles. The number of nitrogens with zero attached hydrogens (tertiary/aromatic N) is 1. The van der Waals surface area contributed by atoms with E-state index < -0.39 is 11.9 Å². The summed E-state index contributed by atoms with van der Waals surface area (Å²) < 4.78 is 11.3. The topological polar surface area (TPSA) is 77.0 Å². The fourth-order valence-electron chi connectivity index (χ4n) is 2.30. The highest BCUT2D eigenvalue weighted by Gasteiger charge is 2.11. The summed E-state index contributed by atoms with van der Waals surface area (Å²) in [6, 6.07) is 20.4. The van der Waals surface area contributed by atoms with Gasteiger partial charge in [0.15, 0.2) is 6.61 Å². The molecule has 0 atom stereocenters. The molecule has 0 aliphatic heterocycles. The zero-order valence-corrected chi connectivity index (χ0v) is 17.9. The van der Waals surface area contributed by atoms with Gasteiger partial charge in [0, 0.05) is 9.50 Å².